The Labute approximate surface area is 138 Å². The van der Waals surface area contributed by atoms with E-state index in [0.29, 0.717) is 17.9 Å². The first-order valence-electron chi connectivity index (χ1n) is 7.03. The number of methoxy groups -OCH3 is 1. The van der Waals surface area contributed by atoms with Crippen molar-refractivity contribution in [1.82, 2.24) is 0 Å². The van der Waals surface area contributed by atoms with Crippen molar-refractivity contribution in [3.05, 3.63) is 28.5 Å². The number of oxime groups is 1. The minimum Gasteiger partial charge on any atom is -0.478 e. The van der Waals surface area contributed by atoms with Crippen molar-refractivity contribution >= 4 is 23.3 Å². The molecule has 1 heterocycles. The monoisotopic (exact) mass is 345 g/mol. The van der Waals surface area contributed by atoms with Crippen LogP contribution in [-0.2, 0) is 19.1 Å². The summed E-state index contributed by atoms with van der Waals surface area (Å²) < 4.78 is 29.4. The van der Waals surface area contributed by atoms with Crippen LogP contribution in [-0.4, -0.2) is 44.2 Å². The molecule has 1 aromatic rings. The van der Waals surface area contributed by atoms with Crippen LogP contribution in [0.1, 0.15) is 19.4 Å². The van der Waals surface area contributed by atoms with Gasteiger partial charge in [0.05, 0.1) is 12.1 Å². The first kappa shape index (κ1) is 17.5. The van der Waals surface area contributed by atoms with E-state index in [1.807, 2.05) is 6.92 Å². The number of rotatable bonds is 6. The summed E-state index contributed by atoms with van der Waals surface area (Å²) in [4.78, 5) is 16.6. The van der Waals surface area contributed by atoms with Gasteiger partial charge in [0.25, 0.3) is 0 Å². The number of carbonyl (C=O) groups is 1. The van der Waals surface area contributed by atoms with E-state index in [4.69, 9.17) is 25.9 Å². The van der Waals surface area contributed by atoms with Crippen molar-refractivity contribution in [2.45, 2.75) is 26.1 Å². The van der Waals surface area contributed by atoms with Gasteiger partial charge < -0.3 is 19.0 Å². The van der Waals surface area contributed by atoms with E-state index in [0.717, 1.165) is 6.07 Å². The van der Waals surface area contributed by atoms with Gasteiger partial charge in [-0.3, -0.25) is 0 Å². The Bertz CT molecular complexity index is 622. The number of nitrogens with zero attached hydrogens (tertiary/aromatic N) is 1. The second-order valence-electron chi connectivity index (χ2n) is 4.76. The van der Waals surface area contributed by atoms with Crippen molar-refractivity contribution in [3.63, 3.8) is 0 Å². The molecule has 1 aliphatic heterocycles. The van der Waals surface area contributed by atoms with Gasteiger partial charge in [-0.2, -0.15) is 0 Å². The summed E-state index contributed by atoms with van der Waals surface area (Å²) in [6.07, 6.45) is -1.34. The zero-order valence-electron chi connectivity index (χ0n) is 13.0. The Hall–Kier alpha value is -1.86. The van der Waals surface area contributed by atoms with E-state index < -0.39 is 24.0 Å². The molecule has 0 aliphatic carbocycles. The van der Waals surface area contributed by atoms with Gasteiger partial charge in [-0.25, -0.2) is 9.18 Å². The fraction of sp³-hybridized carbons (Fsp3) is 0.467. The van der Waals surface area contributed by atoms with Gasteiger partial charge in [0.15, 0.2) is 6.10 Å². The molecule has 1 aromatic carbocycles. The molecule has 0 saturated carbocycles. The van der Waals surface area contributed by atoms with Gasteiger partial charge in [-0.1, -0.05) is 16.8 Å². The number of halogens is 2. The van der Waals surface area contributed by atoms with Gasteiger partial charge in [-0.15, -0.1) is 0 Å². The van der Waals surface area contributed by atoms with Crippen molar-refractivity contribution < 1.29 is 28.2 Å². The molecular formula is C15H17ClFNO5. The van der Waals surface area contributed by atoms with Crippen LogP contribution in [0.5, 0.6) is 5.75 Å². The van der Waals surface area contributed by atoms with E-state index in [9.17, 15) is 9.18 Å². The zero-order chi connectivity index (χ0) is 17.0. The summed E-state index contributed by atoms with van der Waals surface area (Å²) in [6.45, 7) is 4.03. The molecule has 0 saturated heterocycles. The SMILES string of the molecule is CCOC1CON=C1c1cc(Cl)c(F)cc1O[C@@H](C)C(=O)OC. The average molecular weight is 346 g/mol. The largest absolute Gasteiger partial charge is 0.478 e. The quantitative estimate of drug-likeness (QED) is 0.741. The topological polar surface area (TPSA) is 66.3 Å². The van der Waals surface area contributed by atoms with Gasteiger partial charge in [-0.05, 0) is 19.9 Å². The highest BCUT2D eigenvalue weighted by molar-refractivity contribution is 6.31. The predicted octanol–water partition coefficient (Wildman–Crippen LogP) is 2.56. The minimum atomic E-state index is -0.923. The predicted molar refractivity (Wildman–Crippen MR) is 81.4 cm³/mol. The van der Waals surface area contributed by atoms with Crippen LogP contribution in [0.2, 0.25) is 5.02 Å². The Balaban J connectivity index is 2.38. The smallest absolute Gasteiger partial charge is 0.346 e. The Morgan fingerprint density at radius 3 is 2.96 bits per heavy atom. The van der Waals surface area contributed by atoms with Gasteiger partial charge in [0, 0.05) is 18.2 Å². The number of ether oxygens (including phenoxy) is 3. The summed E-state index contributed by atoms with van der Waals surface area (Å²) in [5.74, 6) is -1.15. The van der Waals surface area contributed by atoms with Crippen molar-refractivity contribution in [2.75, 3.05) is 20.3 Å². The molecule has 23 heavy (non-hydrogen) atoms. The third kappa shape index (κ3) is 3.92. The highest BCUT2D eigenvalue weighted by Gasteiger charge is 2.30. The van der Waals surface area contributed by atoms with E-state index >= 15 is 0 Å². The molecule has 0 N–H and O–H groups in total. The fourth-order valence-corrected chi connectivity index (χ4v) is 2.26. The molecule has 126 valence electrons. The average Bonchev–Trinajstić information content (AvgIpc) is 2.98. The lowest BCUT2D eigenvalue weighted by molar-refractivity contribution is -0.147. The first-order valence-corrected chi connectivity index (χ1v) is 7.41. The van der Waals surface area contributed by atoms with Crippen LogP contribution in [0.3, 0.4) is 0 Å². The van der Waals surface area contributed by atoms with E-state index in [-0.39, 0.29) is 17.4 Å². The van der Waals surface area contributed by atoms with Gasteiger partial charge in [0.2, 0.25) is 0 Å². The summed E-state index contributed by atoms with van der Waals surface area (Å²) >= 11 is 5.86. The van der Waals surface area contributed by atoms with E-state index in [1.165, 1.54) is 20.1 Å². The molecule has 0 bridgehead atoms. The normalized spacial score (nSPS) is 18.1. The van der Waals surface area contributed by atoms with Crippen LogP contribution < -0.4 is 4.74 Å². The van der Waals surface area contributed by atoms with Crippen LogP contribution >= 0.6 is 11.6 Å². The number of carbonyl (C=O) groups excluding carboxylic acids is 1. The third-order valence-corrected chi connectivity index (χ3v) is 3.49. The van der Waals surface area contributed by atoms with E-state index in [1.54, 1.807) is 0 Å². The second-order valence-corrected chi connectivity index (χ2v) is 5.17. The van der Waals surface area contributed by atoms with Crippen LogP contribution in [0.4, 0.5) is 4.39 Å². The number of benzene rings is 1. The maximum Gasteiger partial charge on any atom is 0.346 e. The molecule has 1 aliphatic rings. The van der Waals surface area contributed by atoms with Crippen LogP contribution in [0.25, 0.3) is 0 Å². The lowest BCUT2D eigenvalue weighted by atomic mass is 10.0. The lowest BCUT2D eigenvalue weighted by Gasteiger charge is -2.18. The summed E-state index contributed by atoms with van der Waals surface area (Å²) in [6, 6.07) is 2.47. The Morgan fingerprint density at radius 2 is 2.30 bits per heavy atom. The molecule has 0 amide bonds. The maximum absolute atomic E-state index is 13.8. The van der Waals surface area contributed by atoms with Crippen molar-refractivity contribution in [1.29, 1.82) is 0 Å². The third-order valence-electron chi connectivity index (χ3n) is 3.20. The summed E-state index contributed by atoms with van der Waals surface area (Å²) in [5, 5.41) is 3.83. The fourth-order valence-electron chi connectivity index (χ4n) is 2.09. The molecule has 2 rings (SSSR count). The second kappa shape index (κ2) is 7.61. The standard InChI is InChI=1S/C15H17ClFNO5/c1-4-21-13-7-22-18-14(13)9-5-10(16)11(17)6-12(9)23-8(2)15(19)20-3/h5-6,8,13H,4,7H2,1-3H3/t8-,13?/m0/s1. The van der Waals surface area contributed by atoms with Gasteiger partial charge in [0.1, 0.15) is 30.0 Å². The van der Waals surface area contributed by atoms with E-state index in [2.05, 4.69) is 9.89 Å². The highest BCUT2D eigenvalue weighted by Crippen LogP contribution is 2.30. The van der Waals surface area contributed by atoms with Crippen molar-refractivity contribution in [3.8, 4) is 5.75 Å². The molecular weight excluding hydrogens is 329 g/mol. The highest BCUT2D eigenvalue weighted by atomic mass is 35.5. The summed E-state index contributed by atoms with van der Waals surface area (Å²) in [5.41, 5.74) is 0.837. The minimum absolute atomic E-state index is 0.0945. The molecule has 0 aromatic heterocycles. The Morgan fingerprint density at radius 1 is 1.57 bits per heavy atom. The number of hydrogen-bond acceptors (Lipinski definition) is 6. The molecule has 8 heteroatoms. The lowest BCUT2D eigenvalue weighted by Crippen LogP contribution is -2.28. The molecule has 2 atom stereocenters. The van der Waals surface area contributed by atoms with Crippen molar-refractivity contribution in [2.24, 2.45) is 5.16 Å². The van der Waals surface area contributed by atoms with Gasteiger partial charge >= 0.3 is 5.97 Å². The Kier molecular flexibility index (Phi) is 5.79. The molecule has 1 unspecified atom stereocenters. The number of hydrogen-bond donors (Lipinski definition) is 0. The molecule has 0 spiro atoms. The molecule has 0 fully saturated rings. The molecule has 6 nitrogen and oxygen atoms in total. The first-order chi connectivity index (χ1) is 11.0. The number of esters is 1. The van der Waals surface area contributed by atoms with Crippen LogP contribution in [0, 0.1) is 5.82 Å². The summed E-state index contributed by atoms with van der Waals surface area (Å²) in [7, 11) is 1.24. The molecule has 0 radical (unpaired) electrons. The zero-order valence-corrected chi connectivity index (χ0v) is 13.7. The van der Waals surface area contributed by atoms with Crippen LogP contribution in [0.15, 0.2) is 17.3 Å². The maximum atomic E-state index is 13.8.